The second-order valence-corrected chi connectivity index (χ2v) is 5.30. The van der Waals surface area contributed by atoms with E-state index in [2.05, 4.69) is 21.7 Å². The Kier molecular flexibility index (Phi) is 4.44. The third kappa shape index (κ3) is 3.01. The number of anilines is 2. The number of hydrogen-bond donors (Lipinski definition) is 2. The summed E-state index contributed by atoms with van der Waals surface area (Å²) >= 11 is 0. The molecule has 1 fully saturated rings. The van der Waals surface area contributed by atoms with Crippen molar-refractivity contribution in [1.29, 1.82) is 0 Å². The van der Waals surface area contributed by atoms with Gasteiger partial charge in [0.25, 0.3) is 5.91 Å². The Balaban J connectivity index is 2.11. The summed E-state index contributed by atoms with van der Waals surface area (Å²) in [5, 5.41) is 0. The van der Waals surface area contributed by atoms with Crippen LogP contribution in [0.2, 0.25) is 0 Å². The van der Waals surface area contributed by atoms with Gasteiger partial charge in [-0.3, -0.25) is 9.69 Å². The fraction of sp³-hybridized carbons (Fsp3) is 0.571. The maximum Gasteiger partial charge on any atom is 0.250 e. The lowest BCUT2D eigenvalue weighted by molar-refractivity contribution is 0.100. The molecule has 110 valence electrons. The van der Waals surface area contributed by atoms with Gasteiger partial charge < -0.3 is 16.4 Å². The lowest BCUT2D eigenvalue weighted by Gasteiger charge is -2.28. The SMILES string of the molecule is CCN1CCCC1CN(C)c1cc(C(N)=O)c(N)cn1. The summed E-state index contributed by atoms with van der Waals surface area (Å²) in [7, 11) is 1.98. The van der Waals surface area contributed by atoms with Gasteiger partial charge in [0.2, 0.25) is 0 Å². The van der Waals surface area contributed by atoms with Crippen LogP contribution in [0, 0.1) is 0 Å². The fourth-order valence-electron chi connectivity index (χ4n) is 2.80. The number of nitrogens with zero attached hydrogens (tertiary/aromatic N) is 3. The van der Waals surface area contributed by atoms with Gasteiger partial charge in [-0.15, -0.1) is 0 Å². The zero-order valence-corrected chi connectivity index (χ0v) is 12.2. The molecule has 6 nitrogen and oxygen atoms in total. The van der Waals surface area contributed by atoms with Gasteiger partial charge in [0, 0.05) is 19.6 Å². The van der Waals surface area contributed by atoms with E-state index >= 15 is 0 Å². The summed E-state index contributed by atoms with van der Waals surface area (Å²) in [6.45, 7) is 5.31. The quantitative estimate of drug-likeness (QED) is 0.826. The van der Waals surface area contributed by atoms with Crippen molar-refractivity contribution in [3.8, 4) is 0 Å². The fourth-order valence-corrected chi connectivity index (χ4v) is 2.80. The van der Waals surface area contributed by atoms with Gasteiger partial charge in [-0.25, -0.2) is 4.98 Å². The van der Waals surface area contributed by atoms with Crippen LogP contribution in [0.15, 0.2) is 12.3 Å². The number of hydrogen-bond acceptors (Lipinski definition) is 5. The summed E-state index contributed by atoms with van der Waals surface area (Å²) in [5.74, 6) is 0.214. The number of likely N-dealkylation sites (tertiary alicyclic amines) is 1. The summed E-state index contributed by atoms with van der Waals surface area (Å²) < 4.78 is 0. The van der Waals surface area contributed by atoms with Crippen molar-refractivity contribution in [2.45, 2.75) is 25.8 Å². The molecule has 0 spiro atoms. The van der Waals surface area contributed by atoms with Crippen LogP contribution in [0.5, 0.6) is 0 Å². The molecule has 1 aliphatic heterocycles. The molecule has 4 N–H and O–H groups in total. The van der Waals surface area contributed by atoms with Gasteiger partial charge in [0.05, 0.1) is 17.4 Å². The molecule has 2 heterocycles. The van der Waals surface area contributed by atoms with E-state index in [0.717, 1.165) is 25.5 Å². The van der Waals surface area contributed by atoms with Crippen LogP contribution >= 0.6 is 0 Å². The van der Waals surface area contributed by atoms with Crippen LogP contribution in [-0.4, -0.2) is 48.5 Å². The molecule has 1 unspecified atom stereocenters. The molecule has 1 saturated heterocycles. The molecule has 1 atom stereocenters. The highest BCUT2D eigenvalue weighted by Gasteiger charge is 2.24. The van der Waals surface area contributed by atoms with E-state index in [1.165, 1.54) is 19.0 Å². The molecule has 6 heteroatoms. The first kappa shape index (κ1) is 14.6. The Morgan fingerprint density at radius 3 is 3.00 bits per heavy atom. The zero-order valence-electron chi connectivity index (χ0n) is 12.2. The smallest absolute Gasteiger partial charge is 0.250 e. The van der Waals surface area contributed by atoms with Gasteiger partial charge >= 0.3 is 0 Å². The number of nitrogen functional groups attached to an aromatic ring is 1. The number of carbonyl (C=O) groups is 1. The second-order valence-electron chi connectivity index (χ2n) is 5.30. The minimum Gasteiger partial charge on any atom is -0.397 e. The van der Waals surface area contributed by atoms with Gasteiger partial charge in [-0.05, 0) is 32.0 Å². The highest BCUT2D eigenvalue weighted by atomic mass is 16.1. The molecule has 0 bridgehead atoms. The lowest BCUT2D eigenvalue weighted by atomic mass is 10.2. The Labute approximate surface area is 119 Å². The van der Waals surface area contributed by atoms with E-state index in [1.54, 1.807) is 6.07 Å². The number of amides is 1. The van der Waals surface area contributed by atoms with Gasteiger partial charge in [0.15, 0.2) is 0 Å². The average Bonchev–Trinajstić information content (AvgIpc) is 2.86. The van der Waals surface area contributed by atoms with E-state index in [4.69, 9.17) is 11.5 Å². The maximum atomic E-state index is 11.3. The number of rotatable bonds is 5. The van der Waals surface area contributed by atoms with Crippen molar-refractivity contribution in [2.24, 2.45) is 5.73 Å². The third-order valence-electron chi connectivity index (χ3n) is 3.97. The van der Waals surface area contributed by atoms with Crippen LogP contribution in [0.3, 0.4) is 0 Å². The molecule has 0 saturated carbocycles. The summed E-state index contributed by atoms with van der Waals surface area (Å²) in [4.78, 5) is 20.2. The van der Waals surface area contributed by atoms with E-state index < -0.39 is 5.91 Å². The Bertz CT molecular complexity index is 490. The molecule has 2 rings (SSSR count). The Hall–Kier alpha value is -1.82. The van der Waals surface area contributed by atoms with Crippen molar-refractivity contribution in [3.63, 3.8) is 0 Å². The van der Waals surface area contributed by atoms with Crippen molar-refractivity contribution < 1.29 is 4.79 Å². The van der Waals surface area contributed by atoms with E-state index in [-0.39, 0.29) is 0 Å². The molecule has 20 heavy (non-hydrogen) atoms. The Morgan fingerprint density at radius 1 is 1.60 bits per heavy atom. The first-order valence-corrected chi connectivity index (χ1v) is 7.03. The topological polar surface area (TPSA) is 88.5 Å². The maximum absolute atomic E-state index is 11.3. The van der Waals surface area contributed by atoms with Crippen LogP contribution in [0.4, 0.5) is 11.5 Å². The lowest BCUT2D eigenvalue weighted by Crippen LogP contribution is -2.39. The summed E-state index contributed by atoms with van der Waals surface area (Å²) in [5.41, 5.74) is 11.7. The van der Waals surface area contributed by atoms with Gasteiger partial charge in [-0.1, -0.05) is 6.92 Å². The summed E-state index contributed by atoms with van der Waals surface area (Å²) in [6.07, 6.45) is 3.95. The molecule has 0 aliphatic carbocycles. The average molecular weight is 277 g/mol. The zero-order chi connectivity index (χ0) is 14.7. The highest BCUT2D eigenvalue weighted by molar-refractivity contribution is 5.98. The van der Waals surface area contributed by atoms with Gasteiger partial charge in [-0.2, -0.15) is 0 Å². The first-order valence-electron chi connectivity index (χ1n) is 7.03. The van der Waals surface area contributed by atoms with Crippen molar-refractivity contribution in [1.82, 2.24) is 9.88 Å². The normalized spacial score (nSPS) is 19.2. The third-order valence-corrected chi connectivity index (χ3v) is 3.97. The minimum atomic E-state index is -0.518. The molecule has 1 amide bonds. The van der Waals surface area contributed by atoms with Crippen molar-refractivity contribution >= 4 is 17.4 Å². The summed E-state index contributed by atoms with van der Waals surface area (Å²) in [6, 6.07) is 2.21. The predicted molar refractivity (Wildman–Crippen MR) is 80.7 cm³/mol. The molecule has 0 aromatic carbocycles. The Morgan fingerprint density at radius 2 is 2.35 bits per heavy atom. The van der Waals surface area contributed by atoms with Crippen LogP contribution in [-0.2, 0) is 0 Å². The molecule has 1 aliphatic rings. The number of pyridine rings is 1. The first-order chi connectivity index (χ1) is 9.52. The molecular weight excluding hydrogens is 254 g/mol. The highest BCUT2D eigenvalue weighted by Crippen LogP contribution is 2.21. The van der Waals surface area contributed by atoms with E-state index in [1.807, 2.05) is 7.05 Å². The number of carbonyl (C=O) groups excluding carboxylic acids is 1. The van der Waals surface area contributed by atoms with Crippen molar-refractivity contribution in [3.05, 3.63) is 17.8 Å². The molecule has 1 aromatic rings. The van der Waals surface area contributed by atoms with E-state index in [0.29, 0.717) is 17.3 Å². The largest absolute Gasteiger partial charge is 0.397 e. The van der Waals surface area contributed by atoms with E-state index in [9.17, 15) is 4.79 Å². The van der Waals surface area contributed by atoms with Crippen LogP contribution in [0.1, 0.15) is 30.1 Å². The number of likely N-dealkylation sites (N-methyl/N-ethyl adjacent to an activating group) is 2. The number of nitrogens with two attached hydrogens (primary N) is 2. The minimum absolute atomic E-state index is 0.325. The van der Waals surface area contributed by atoms with Crippen molar-refractivity contribution in [2.75, 3.05) is 37.3 Å². The second kappa shape index (κ2) is 6.09. The number of aromatic nitrogens is 1. The standard InChI is InChI=1S/C14H23N5O/c1-3-19-6-4-5-10(19)9-18(2)13-7-11(14(16)20)12(15)8-17-13/h7-8,10H,3-6,9,15H2,1-2H3,(H2,16,20). The molecule has 0 radical (unpaired) electrons. The molecular formula is C14H23N5O. The molecule has 1 aromatic heterocycles. The van der Waals surface area contributed by atoms with Gasteiger partial charge in [0.1, 0.15) is 5.82 Å². The predicted octanol–water partition coefficient (Wildman–Crippen LogP) is 0.683. The van der Waals surface area contributed by atoms with Crippen LogP contribution < -0.4 is 16.4 Å². The van der Waals surface area contributed by atoms with Crippen LogP contribution in [0.25, 0.3) is 0 Å². The monoisotopic (exact) mass is 277 g/mol. The number of primary amides is 1.